The van der Waals surface area contributed by atoms with Crippen molar-refractivity contribution in [2.24, 2.45) is 0 Å². The van der Waals surface area contributed by atoms with Gasteiger partial charge in [-0.3, -0.25) is 4.79 Å². The van der Waals surface area contributed by atoms with Crippen LogP contribution < -0.4 is 10.4 Å². The molecule has 28 heavy (non-hydrogen) atoms. The van der Waals surface area contributed by atoms with Crippen molar-refractivity contribution in [1.29, 1.82) is 0 Å². The summed E-state index contributed by atoms with van der Waals surface area (Å²) in [5, 5.41) is 1.42. The van der Waals surface area contributed by atoms with E-state index in [-0.39, 0.29) is 19.0 Å². The van der Waals surface area contributed by atoms with Crippen LogP contribution in [0.1, 0.15) is 29.5 Å². The van der Waals surface area contributed by atoms with Crippen molar-refractivity contribution in [2.75, 3.05) is 6.61 Å². The van der Waals surface area contributed by atoms with Crippen molar-refractivity contribution >= 4 is 28.5 Å². The molecule has 1 heterocycles. The smallest absolute Gasteiger partial charge is 0.336 e. The Hall–Kier alpha value is -2.79. The maximum Gasteiger partial charge on any atom is 0.336 e. The Labute approximate surface area is 167 Å². The van der Waals surface area contributed by atoms with E-state index in [1.54, 1.807) is 12.1 Å². The maximum atomic E-state index is 12.0. The van der Waals surface area contributed by atoms with Gasteiger partial charge in [-0.2, -0.15) is 0 Å². The van der Waals surface area contributed by atoms with E-state index in [2.05, 4.69) is 0 Å². The number of esters is 1. The average Bonchev–Trinajstić information content (AvgIpc) is 2.64. The lowest BCUT2D eigenvalue weighted by Gasteiger charge is -2.10. The fraction of sp³-hybridized carbons (Fsp3) is 0.273. The summed E-state index contributed by atoms with van der Waals surface area (Å²) in [7, 11) is 0. The number of rotatable bonds is 7. The van der Waals surface area contributed by atoms with Crippen LogP contribution in [-0.2, 0) is 16.1 Å². The van der Waals surface area contributed by atoms with Crippen LogP contribution in [-0.4, -0.2) is 12.6 Å². The fourth-order valence-electron chi connectivity index (χ4n) is 2.86. The number of benzene rings is 2. The van der Waals surface area contributed by atoms with Crippen LogP contribution in [0.5, 0.6) is 5.75 Å². The molecule has 0 fully saturated rings. The first-order valence-electron chi connectivity index (χ1n) is 9.00. The lowest BCUT2D eigenvalue weighted by Crippen LogP contribution is -2.09. The standard InChI is InChI=1S/C22H21ClO5/c1-14-5-7-18-16(12-22(25)28-20(18)10-14)13-27-21(24)4-3-9-26-19-8-6-17(23)11-15(19)2/h5-8,10-12H,3-4,9,13H2,1-2H3. The third-order valence-electron chi connectivity index (χ3n) is 4.29. The first kappa shape index (κ1) is 20.0. The van der Waals surface area contributed by atoms with Gasteiger partial charge < -0.3 is 13.9 Å². The van der Waals surface area contributed by atoms with Crippen LogP contribution in [0.3, 0.4) is 0 Å². The molecule has 0 bridgehead atoms. The number of hydrogen-bond donors (Lipinski definition) is 0. The summed E-state index contributed by atoms with van der Waals surface area (Å²) in [6, 6.07) is 12.3. The number of fused-ring (bicyclic) bond motifs is 1. The Morgan fingerprint density at radius 1 is 1.11 bits per heavy atom. The van der Waals surface area contributed by atoms with Crippen molar-refractivity contribution in [2.45, 2.75) is 33.3 Å². The highest BCUT2D eigenvalue weighted by Gasteiger charge is 2.09. The van der Waals surface area contributed by atoms with E-state index < -0.39 is 5.63 Å². The van der Waals surface area contributed by atoms with Crippen LogP contribution in [0.15, 0.2) is 51.7 Å². The van der Waals surface area contributed by atoms with Crippen LogP contribution in [0.25, 0.3) is 11.0 Å². The summed E-state index contributed by atoms with van der Waals surface area (Å²) in [6.45, 7) is 4.26. The molecule has 0 spiro atoms. The minimum absolute atomic E-state index is 0.0289. The lowest BCUT2D eigenvalue weighted by atomic mass is 10.1. The van der Waals surface area contributed by atoms with Gasteiger partial charge in [-0.15, -0.1) is 0 Å². The molecule has 3 rings (SSSR count). The molecule has 0 saturated heterocycles. The summed E-state index contributed by atoms with van der Waals surface area (Å²) in [5.41, 5.74) is 2.59. The van der Waals surface area contributed by atoms with Gasteiger partial charge in [0.15, 0.2) is 0 Å². The van der Waals surface area contributed by atoms with Gasteiger partial charge >= 0.3 is 11.6 Å². The minimum atomic E-state index is -0.462. The Morgan fingerprint density at radius 3 is 2.71 bits per heavy atom. The third-order valence-corrected chi connectivity index (χ3v) is 4.53. The molecule has 2 aromatic carbocycles. The molecule has 0 N–H and O–H groups in total. The summed E-state index contributed by atoms with van der Waals surface area (Å²) in [4.78, 5) is 23.7. The first-order chi connectivity index (χ1) is 13.4. The molecular formula is C22H21ClO5. The second-order valence-corrected chi connectivity index (χ2v) is 7.05. The highest BCUT2D eigenvalue weighted by atomic mass is 35.5. The van der Waals surface area contributed by atoms with Crippen LogP contribution in [0.4, 0.5) is 0 Å². The van der Waals surface area contributed by atoms with Crippen molar-refractivity contribution < 1.29 is 18.7 Å². The Kier molecular flexibility index (Phi) is 6.37. The fourth-order valence-corrected chi connectivity index (χ4v) is 3.09. The highest BCUT2D eigenvalue weighted by Crippen LogP contribution is 2.22. The third kappa shape index (κ3) is 5.14. The van der Waals surface area contributed by atoms with Gasteiger partial charge in [-0.1, -0.05) is 23.7 Å². The second kappa shape index (κ2) is 8.93. The van der Waals surface area contributed by atoms with E-state index in [4.69, 9.17) is 25.5 Å². The van der Waals surface area contributed by atoms with E-state index in [9.17, 15) is 9.59 Å². The molecule has 6 heteroatoms. The first-order valence-corrected chi connectivity index (χ1v) is 9.38. The SMILES string of the molecule is Cc1ccc2c(COC(=O)CCCOc3ccc(Cl)cc3C)cc(=O)oc2c1. The zero-order valence-corrected chi connectivity index (χ0v) is 16.5. The van der Waals surface area contributed by atoms with Crippen molar-refractivity contribution in [3.05, 3.63) is 74.6 Å². The molecule has 0 saturated carbocycles. The number of halogens is 1. The lowest BCUT2D eigenvalue weighted by molar-refractivity contribution is -0.145. The van der Waals surface area contributed by atoms with Gasteiger partial charge in [0.05, 0.1) is 6.61 Å². The van der Waals surface area contributed by atoms with E-state index in [0.29, 0.717) is 29.2 Å². The van der Waals surface area contributed by atoms with Crippen molar-refractivity contribution in [3.63, 3.8) is 0 Å². The molecule has 0 atom stereocenters. The molecule has 146 valence electrons. The predicted octanol–water partition coefficient (Wildman–Crippen LogP) is 4.97. The largest absolute Gasteiger partial charge is 0.493 e. The Bertz CT molecular complexity index is 1050. The van der Waals surface area contributed by atoms with Crippen molar-refractivity contribution in [3.8, 4) is 5.75 Å². The number of hydrogen-bond acceptors (Lipinski definition) is 5. The normalized spacial score (nSPS) is 10.8. The van der Waals surface area contributed by atoms with Crippen LogP contribution in [0.2, 0.25) is 5.02 Å². The van der Waals surface area contributed by atoms with E-state index in [1.165, 1.54) is 6.07 Å². The molecule has 1 aromatic heterocycles. The minimum Gasteiger partial charge on any atom is -0.493 e. The maximum absolute atomic E-state index is 12.0. The average molecular weight is 401 g/mol. The van der Waals surface area contributed by atoms with Gasteiger partial charge in [-0.25, -0.2) is 4.79 Å². The summed E-state index contributed by atoms with van der Waals surface area (Å²) in [6.07, 6.45) is 0.753. The zero-order chi connectivity index (χ0) is 20.1. The highest BCUT2D eigenvalue weighted by molar-refractivity contribution is 6.30. The summed E-state index contributed by atoms with van der Waals surface area (Å²) >= 11 is 5.92. The van der Waals surface area contributed by atoms with E-state index in [1.807, 2.05) is 38.1 Å². The molecule has 0 aliphatic carbocycles. The second-order valence-electron chi connectivity index (χ2n) is 6.61. The summed E-state index contributed by atoms with van der Waals surface area (Å²) in [5.74, 6) is 0.403. The van der Waals surface area contributed by atoms with E-state index in [0.717, 1.165) is 22.3 Å². The number of carbonyl (C=O) groups is 1. The Morgan fingerprint density at radius 2 is 1.93 bits per heavy atom. The predicted molar refractivity (Wildman–Crippen MR) is 108 cm³/mol. The molecule has 0 aliphatic heterocycles. The zero-order valence-electron chi connectivity index (χ0n) is 15.8. The molecule has 3 aromatic rings. The quantitative estimate of drug-likeness (QED) is 0.318. The Balaban J connectivity index is 1.51. The van der Waals surface area contributed by atoms with Crippen LogP contribution in [0, 0.1) is 13.8 Å². The number of carbonyl (C=O) groups excluding carboxylic acids is 1. The van der Waals surface area contributed by atoms with Gasteiger partial charge in [0.25, 0.3) is 0 Å². The number of aryl methyl sites for hydroxylation is 2. The summed E-state index contributed by atoms with van der Waals surface area (Å²) < 4.78 is 16.2. The molecule has 0 unspecified atom stereocenters. The van der Waals surface area contributed by atoms with Gasteiger partial charge in [-0.05, 0) is 55.7 Å². The molecule has 0 radical (unpaired) electrons. The van der Waals surface area contributed by atoms with Gasteiger partial charge in [0.2, 0.25) is 0 Å². The van der Waals surface area contributed by atoms with Crippen LogP contribution >= 0.6 is 11.6 Å². The molecule has 0 aliphatic rings. The molecule has 5 nitrogen and oxygen atoms in total. The number of ether oxygens (including phenoxy) is 2. The molecule has 0 amide bonds. The van der Waals surface area contributed by atoms with Crippen molar-refractivity contribution in [1.82, 2.24) is 0 Å². The molecular weight excluding hydrogens is 380 g/mol. The van der Waals surface area contributed by atoms with Gasteiger partial charge in [0.1, 0.15) is 17.9 Å². The monoisotopic (exact) mass is 400 g/mol. The van der Waals surface area contributed by atoms with Gasteiger partial charge in [0, 0.05) is 28.5 Å². The topological polar surface area (TPSA) is 65.7 Å². The van der Waals surface area contributed by atoms with E-state index >= 15 is 0 Å².